The molecule has 154 valence electrons. The van der Waals surface area contributed by atoms with E-state index in [0.717, 1.165) is 22.6 Å². The summed E-state index contributed by atoms with van der Waals surface area (Å²) < 4.78 is 54.1. The molecule has 3 rings (SSSR count). The van der Waals surface area contributed by atoms with Crippen LogP contribution in [0.3, 0.4) is 0 Å². The Bertz CT molecular complexity index is 1180. The number of nitrogens with one attached hydrogen (secondary N) is 1. The minimum atomic E-state index is -3.80. The van der Waals surface area contributed by atoms with Gasteiger partial charge in [0.15, 0.2) is 16.3 Å². The molecule has 1 atom stereocenters. The number of methoxy groups -OCH3 is 1. The van der Waals surface area contributed by atoms with Crippen LogP contribution in [0, 0.1) is 22.9 Å². The van der Waals surface area contributed by atoms with Crippen molar-refractivity contribution in [1.82, 2.24) is 14.1 Å². The van der Waals surface area contributed by atoms with Gasteiger partial charge in [-0.25, -0.2) is 18.5 Å². The first-order chi connectivity index (χ1) is 13.6. The number of H-pyrrole nitrogens is 1. The summed E-state index contributed by atoms with van der Waals surface area (Å²) in [5, 5.41) is 0. The average Bonchev–Trinajstić information content (AvgIpc) is 2.64. The molecule has 1 N–H and O–H groups in total. The van der Waals surface area contributed by atoms with E-state index in [1.807, 2.05) is 0 Å². The molecule has 0 aliphatic carbocycles. The van der Waals surface area contributed by atoms with Crippen LogP contribution < -0.4 is 21.0 Å². The maximum Gasteiger partial charge on any atom is 0.444 e. The summed E-state index contributed by atoms with van der Waals surface area (Å²) in [5.41, 5.74) is -2.41. The van der Waals surface area contributed by atoms with Crippen molar-refractivity contribution in [2.24, 2.45) is 7.05 Å². The van der Waals surface area contributed by atoms with Crippen molar-refractivity contribution in [3.8, 4) is 23.8 Å². The van der Waals surface area contributed by atoms with Crippen LogP contribution in [-0.2, 0) is 11.8 Å². The lowest BCUT2D eigenvalue weighted by molar-refractivity contribution is -0.252. The third-order valence-corrected chi connectivity index (χ3v) is 4.69. The van der Waals surface area contributed by atoms with E-state index in [4.69, 9.17) is 23.4 Å². The second-order valence-electron chi connectivity index (χ2n) is 6.08. The number of fused-ring (bicyclic) bond motifs is 1. The summed E-state index contributed by atoms with van der Waals surface area (Å²) in [6.45, 7) is -0.0733. The van der Waals surface area contributed by atoms with Gasteiger partial charge in [-0.3, -0.25) is 9.55 Å². The highest BCUT2D eigenvalue weighted by molar-refractivity contribution is 7.71. The number of aromatic nitrogens is 3. The predicted molar refractivity (Wildman–Crippen MR) is 99.6 cm³/mol. The van der Waals surface area contributed by atoms with E-state index in [0.29, 0.717) is 10.6 Å². The SMILES string of the molecule is C#CCCN1c2cc(-n3c(=O)[nH]c(=S)n(C)c3=O)c(F)cc2OC(F)(F)C1OC. The van der Waals surface area contributed by atoms with E-state index in [1.165, 1.54) is 7.05 Å². The van der Waals surface area contributed by atoms with E-state index < -0.39 is 41.0 Å². The highest BCUT2D eigenvalue weighted by Crippen LogP contribution is 2.44. The number of anilines is 1. The Balaban J connectivity index is 2.28. The lowest BCUT2D eigenvalue weighted by Crippen LogP contribution is -2.55. The third kappa shape index (κ3) is 3.43. The molecule has 0 radical (unpaired) electrons. The van der Waals surface area contributed by atoms with Gasteiger partial charge in [-0.1, -0.05) is 0 Å². The van der Waals surface area contributed by atoms with Crippen molar-refractivity contribution in [3.05, 3.63) is 43.7 Å². The molecule has 8 nitrogen and oxygen atoms in total. The first kappa shape index (κ1) is 20.7. The molecule has 2 heterocycles. The predicted octanol–water partition coefficient (Wildman–Crippen LogP) is 1.52. The normalized spacial score (nSPS) is 17.4. The van der Waals surface area contributed by atoms with E-state index in [-0.39, 0.29) is 23.4 Å². The summed E-state index contributed by atoms with van der Waals surface area (Å²) in [5.74, 6) is 0.707. The van der Waals surface area contributed by atoms with E-state index in [1.54, 1.807) is 0 Å². The first-order valence-corrected chi connectivity index (χ1v) is 8.59. The highest BCUT2D eigenvalue weighted by atomic mass is 32.1. The van der Waals surface area contributed by atoms with E-state index in [2.05, 4.69) is 15.6 Å². The third-order valence-electron chi connectivity index (χ3n) is 4.32. The van der Waals surface area contributed by atoms with Crippen molar-refractivity contribution in [2.75, 3.05) is 18.6 Å². The molecule has 0 saturated heterocycles. The van der Waals surface area contributed by atoms with Gasteiger partial charge >= 0.3 is 17.5 Å². The van der Waals surface area contributed by atoms with Gasteiger partial charge in [0.05, 0.1) is 11.4 Å². The second-order valence-corrected chi connectivity index (χ2v) is 6.47. The fraction of sp³-hybridized carbons (Fsp3) is 0.353. The summed E-state index contributed by atoms with van der Waals surface area (Å²) in [6.07, 6.45) is -0.347. The molecule has 0 bridgehead atoms. The molecule has 29 heavy (non-hydrogen) atoms. The van der Waals surface area contributed by atoms with Gasteiger partial charge in [0.25, 0.3) is 0 Å². The van der Waals surface area contributed by atoms with Crippen LogP contribution in [-0.4, -0.2) is 40.1 Å². The smallest absolute Gasteiger partial charge is 0.427 e. The number of alkyl halides is 2. The zero-order chi connectivity index (χ0) is 21.5. The Labute approximate surface area is 167 Å². The first-order valence-electron chi connectivity index (χ1n) is 8.18. The quantitative estimate of drug-likeness (QED) is 0.588. The minimum Gasteiger partial charge on any atom is -0.427 e. The van der Waals surface area contributed by atoms with Gasteiger partial charge in [-0.2, -0.15) is 8.78 Å². The molecule has 1 aromatic heterocycles. The fourth-order valence-corrected chi connectivity index (χ4v) is 3.13. The van der Waals surface area contributed by atoms with Crippen LogP contribution in [0.1, 0.15) is 6.42 Å². The van der Waals surface area contributed by atoms with Crippen molar-refractivity contribution in [2.45, 2.75) is 18.8 Å². The Hall–Kier alpha value is -3.04. The van der Waals surface area contributed by atoms with Crippen molar-refractivity contribution < 1.29 is 22.6 Å². The summed E-state index contributed by atoms with van der Waals surface area (Å²) in [6, 6.07) is 1.71. The largest absolute Gasteiger partial charge is 0.444 e. The number of ether oxygens (including phenoxy) is 2. The Morgan fingerprint density at radius 2 is 2.07 bits per heavy atom. The van der Waals surface area contributed by atoms with Crippen LogP contribution in [0.4, 0.5) is 18.9 Å². The van der Waals surface area contributed by atoms with Gasteiger partial charge in [0, 0.05) is 33.2 Å². The van der Waals surface area contributed by atoms with Gasteiger partial charge in [0.1, 0.15) is 0 Å². The number of terminal acetylenes is 1. The molecular weight excluding hydrogens is 413 g/mol. The van der Waals surface area contributed by atoms with E-state index >= 15 is 0 Å². The minimum absolute atomic E-state index is 0.0224. The maximum atomic E-state index is 14.7. The Morgan fingerprint density at radius 1 is 1.38 bits per heavy atom. The van der Waals surface area contributed by atoms with Crippen molar-refractivity contribution in [3.63, 3.8) is 0 Å². The van der Waals surface area contributed by atoms with E-state index in [9.17, 15) is 22.8 Å². The summed E-state index contributed by atoms with van der Waals surface area (Å²) in [4.78, 5) is 28.0. The van der Waals surface area contributed by atoms with Crippen molar-refractivity contribution in [1.29, 1.82) is 0 Å². The molecule has 12 heteroatoms. The molecule has 1 aliphatic rings. The molecule has 0 fully saturated rings. The number of halogens is 3. The summed E-state index contributed by atoms with van der Waals surface area (Å²) >= 11 is 4.84. The van der Waals surface area contributed by atoms with Crippen LogP contribution in [0.25, 0.3) is 5.69 Å². The lowest BCUT2D eigenvalue weighted by atomic mass is 10.1. The van der Waals surface area contributed by atoms with Crippen LogP contribution in [0.15, 0.2) is 21.7 Å². The topological polar surface area (TPSA) is 81.5 Å². The molecule has 0 amide bonds. The monoisotopic (exact) mass is 428 g/mol. The van der Waals surface area contributed by atoms with Crippen LogP contribution >= 0.6 is 12.2 Å². The number of benzene rings is 1. The molecule has 0 saturated carbocycles. The van der Waals surface area contributed by atoms with Gasteiger partial charge in [0.2, 0.25) is 6.23 Å². The summed E-state index contributed by atoms with van der Waals surface area (Å²) in [7, 11) is 2.34. The number of aromatic amines is 1. The number of nitrogens with zero attached hydrogens (tertiary/aromatic N) is 3. The molecular formula is C17H15F3N4O4S. The number of hydrogen-bond acceptors (Lipinski definition) is 6. The zero-order valence-electron chi connectivity index (χ0n) is 15.2. The van der Waals surface area contributed by atoms with Crippen molar-refractivity contribution >= 4 is 17.9 Å². The molecule has 2 aromatic rings. The standard InChI is InChI=1S/C17H15F3N4O4S/c1-4-5-6-23-11-8-10(24-14(25)21-15(29)22(2)16(24)26)9(18)7-12(11)28-17(19,20)13(23)27-3/h1,7-8,13H,5-6H2,2-3H3,(H,21,25,29). The molecule has 1 unspecified atom stereocenters. The fourth-order valence-electron chi connectivity index (χ4n) is 2.97. The zero-order valence-corrected chi connectivity index (χ0v) is 16.1. The van der Waals surface area contributed by atoms with Crippen LogP contribution in [0.2, 0.25) is 0 Å². The highest BCUT2D eigenvalue weighted by Gasteiger charge is 2.51. The Kier molecular flexibility index (Phi) is 5.29. The van der Waals surface area contributed by atoms with Gasteiger partial charge in [-0.05, 0) is 18.3 Å². The maximum absolute atomic E-state index is 14.7. The average molecular weight is 428 g/mol. The number of rotatable bonds is 4. The second kappa shape index (κ2) is 7.41. The number of hydrogen-bond donors (Lipinski definition) is 1. The van der Waals surface area contributed by atoms with Gasteiger partial charge < -0.3 is 14.4 Å². The van der Waals surface area contributed by atoms with Crippen LogP contribution in [0.5, 0.6) is 5.75 Å². The Morgan fingerprint density at radius 3 is 2.69 bits per heavy atom. The molecule has 1 aromatic carbocycles. The lowest BCUT2D eigenvalue weighted by Gasteiger charge is -2.41. The molecule has 1 aliphatic heterocycles. The molecule has 0 spiro atoms. The van der Waals surface area contributed by atoms with Gasteiger partial charge in [-0.15, -0.1) is 12.3 Å².